The van der Waals surface area contributed by atoms with E-state index in [1.807, 2.05) is 45.3 Å². The van der Waals surface area contributed by atoms with E-state index in [2.05, 4.69) is 55.4 Å². The Morgan fingerprint density at radius 1 is 1.12 bits per heavy atom. The summed E-state index contributed by atoms with van der Waals surface area (Å²) in [6.07, 6.45) is 3.27. The summed E-state index contributed by atoms with van der Waals surface area (Å²) in [4.78, 5) is 20.6. The van der Waals surface area contributed by atoms with Crippen LogP contribution >= 0.6 is 0 Å². The van der Waals surface area contributed by atoms with Crippen LogP contribution in [0.4, 0.5) is 5.69 Å². The second-order valence-electron chi connectivity index (χ2n) is 10.7. The Kier molecular flexibility index (Phi) is 7.01. The first-order chi connectivity index (χ1) is 16.2. The van der Waals surface area contributed by atoms with Gasteiger partial charge in [-0.05, 0) is 80.3 Å². The number of benzene rings is 2. The number of aromatic nitrogens is 2. The molecule has 1 aliphatic rings. The largest absolute Gasteiger partial charge is 0.461 e. The summed E-state index contributed by atoms with van der Waals surface area (Å²) in [6.45, 7) is 10.8. The van der Waals surface area contributed by atoms with E-state index in [1.165, 1.54) is 17.7 Å². The molecule has 1 fully saturated rings. The van der Waals surface area contributed by atoms with Crippen LogP contribution in [-0.4, -0.2) is 35.7 Å². The highest BCUT2D eigenvalue weighted by Gasteiger charge is 2.35. The molecule has 0 aliphatic heterocycles. The van der Waals surface area contributed by atoms with Crippen LogP contribution in [0.5, 0.6) is 0 Å². The molecule has 1 heterocycles. The number of aryl methyl sites for hydroxylation is 1. The van der Waals surface area contributed by atoms with Gasteiger partial charge in [0.2, 0.25) is 0 Å². The summed E-state index contributed by atoms with van der Waals surface area (Å²) >= 11 is 0. The van der Waals surface area contributed by atoms with Gasteiger partial charge >= 0.3 is 5.97 Å². The van der Waals surface area contributed by atoms with Crippen LogP contribution < -0.4 is 4.90 Å². The first kappa shape index (κ1) is 24.3. The van der Waals surface area contributed by atoms with Crippen molar-refractivity contribution in [3.05, 3.63) is 48.0 Å². The van der Waals surface area contributed by atoms with Crippen molar-refractivity contribution in [1.29, 1.82) is 0 Å². The van der Waals surface area contributed by atoms with Crippen LogP contribution in [0.1, 0.15) is 58.6 Å². The summed E-state index contributed by atoms with van der Waals surface area (Å²) in [7, 11) is 4.09. The van der Waals surface area contributed by atoms with Gasteiger partial charge in [0.05, 0.1) is 11.0 Å². The third-order valence-electron chi connectivity index (χ3n) is 7.49. The summed E-state index contributed by atoms with van der Waals surface area (Å²) < 4.78 is 8.30. The Labute approximate surface area is 204 Å². The highest BCUT2D eigenvalue weighted by Crippen LogP contribution is 2.37. The Hall–Kier alpha value is -2.82. The van der Waals surface area contributed by atoms with Crippen LogP contribution in [0.15, 0.2) is 42.5 Å². The molecule has 4 atom stereocenters. The van der Waals surface area contributed by atoms with Gasteiger partial charge in [0.25, 0.3) is 0 Å². The Morgan fingerprint density at radius 2 is 1.85 bits per heavy atom. The highest BCUT2D eigenvalue weighted by atomic mass is 16.5. The molecule has 0 amide bonds. The summed E-state index contributed by atoms with van der Waals surface area (Å²) in [5, 5.41) is 0. The molecule has 0 saturated heterocycles. The minimum Gasteiger partial charge on any atom is -0.461 e. The number of rotatable bonds is 6. The number of ether oxygens (including phenoxy) is 1. The van der Waals surface area contributed by atoms with Crippen molar-refractivity contribution in [2.24, 2.45) is 17.8 Å². The third-order valence-corrected chi connectivity index (χ3v) is 7.49. The molecule has 0 radical (unpaired) electrons. The quantitative estimate of drug-likeness (QED) is 0.386. The van der Waals surface area contributed by atoms with Gasteiger partial charge in [0.15, 0.2) is 0 Å². The fourth-order valence-electron chi connectivity index (χ4n) is 5.54. The molecule has 182 valence electrons. The number of nitrogens with zero attached hydrogens (tertiary/aromatic N) is 3. The number of carbonyl (C=O) groups is 1. The van der Waals surface area contributed by atoms with Crippen LogP contribution in [0.3, 0.4) is 0 Å². The number of imidazole rings is 1. The molecule has 5 heteroatoms. The Balaban J connectivity index is 1.71. The molecule has 1 saturated carbocycles. The van der Waals surface area contributed by atoms with E-state index >= 15 is 0 Å². The van der Waals surface area contributed by atoms with Gasteiger partial charge in [-0.2, -0.15) is 0 Å². The lowest BCUT2D eigenvalue weighted by atomic mass is 9.75. The van der Waals surface area contributed by atoms with E-state index in [-0.39, 0.29) is 12.1 Å². The third kappa shape index (κ3) is 4.70. The van der Waals surface area contributed by atoms with E-state index in [0.717, 1.165) is 35.3 Å². The van der Waals surface area contributed by atoms with E-state index in [0.29, 0.717) is 17.8 Å². The van der Waals surface area contributed by atoms with Crippen LogP contribution in [-0.2, 0) is 9.53 Å². The van der Waals surface area contributed by atoms with Crippen molar-refractivity contribution in [3.8, 4) is 11.4 Å². The molecule has 5 nitrogen and oxygen atoms in total. The minimum absolute atomic E-state index is 0.0152. The predicted molar refractivity (Wildman–Crippen MR) is 140 cm³/mol. The van der Waals surface area contributed by atoms with Crippen molar-refractivity contribution in [3.63, 3.8) is 0 Å². The maximum absolute atomic E-state index is 13.5. The van der Waals surface area contributed by atoms with E-state index in [1.54, 1.807) is 0 Å². The van der Waals surface area contributed by atoms with Crippen LogP contribution in [0.25, 0.3) is 22.4 Å². The first-order valence-electron chi connectivity index (χ1n) is 12.6. The van der Waals surface area contributed by atoms with Crippen molar-refractivity contribution in [2.75, 3.05) is 19.0 Å². The van der Waals surface area contributed by atoms with Gasteiger partial charge in [-0.1, -0.05) is 39.3 Å². The van der Waals surface area contributed by atoms with Gasteiger partial charge in [0, 0.05) is 25.3 Å². The topological polar surface area (TPSA) is 47.4 Å². The number of fused-ring (bicyclic) bond motifs is 1. The maximum Gasteiger partial charge on any atom is 0.329 e. The molecule has 1 aliphatic carbocycles. The fraction of sp³-hybridized carbons (Fsp3) is 0.517. The molecular formula is C29H39N3O2. The molecular weight excluding hydrogens is 422 g/mol. The van der Waals surface area contributed by atoms with Crippen molar-refractivity contribution in [1.82, 2.24) is 9.55 Å². The van der Waals surface area contributed by atoms with E-state index in [9.17, 15) is 4.79 Å². The normalized spacial score (nSPS) is 21.6. The average Bonchev–Trinajstić information content (AvgIpc) is 3.17. The first-order valence-corrected chi connectivity index (χ1v) is 12.6. The second kappa shape index (κ2) is 9.81. The lowest BCUT2D eigenvalue weighted by molar-refractivity contribution is -0.159. The van der Waals surface area contributed by atoms with E-state index < -0.39 is 6.04 Å². The molecule has 4 rings (SSSR count). The number of para-hydroxylation sites is 2. The molecule has 2 aromatic carbocycles. The molecule has 1 aromatic heterocycles. The Morgan fingerprint density at radius 3 is 2.53 bits per heavy atom. The molecule has 34 heavy (non-hydrogen) atoms. The van der Waals surface area contributed by atoms with Gasteiger partial charge in [-0.25, -0.2) is 9.78 Å². The van der Waals surface area contributed by atoms with E-state index in [4.69, 9.17) is 9.72 Å². The fourth-order valence-corrected chi connectivity index (χ4v) is 5.54. The average molecular weight is 462 g/mol. The number of carbonyl (C=O) groups excluding carboxylic acids is 1. The molecule has 0 bridgehead atoms. The second-order valence-corrected chi connectivity index (χ2v) is 10.7. The van der Waals surface area contributed by atoms with Gasteiger partial charge < -0.3 is 14.2 Å². The minimum atomic E-state index is -0.471. The molecule has 0 spiro atoms. The summed E-state index contributed by atoms with van der Waals surface area (Å²) in [6, 6.07) is 13.9. The standard InChI is InChI=1S/C29H39N3O2/c1-18(2)23-14-12-19(3)16-27(23)34-29(33)21(5)32-26-11-9-8-10-24(26)30-28(32)22-13-15-25(31(6)7)20(4)17-22/h8-11,13,15,17-19,21,23,27H,12,14,16H2,1-7H3/t19?,21-,23?,27-/m1/s1. The number of esters is 1. The maximum atomic E-state index is 13.5. The molecule has 0 N–H and O–H groups in total. The van der Waals surface area contributed by atoms with Crippen molar-refractivity contribution >= 4 is 22.7 Å². The molecule has 3 aromatic rings. The SMILES string of the molecule is Cc1cc(-c2nc3ccccc3n2[C@H](C)C(=O)O[C@@H]2CC(C)CCC2C(C)C)ccc1N(C)C. The van der Waals surface area contributed by atoms with Gasteiger partial charge in [0.1, 0.15) is 18.0 Å². The van der Waals surface area contributed by atoms with Crippen molar-refractivity contribution < 1.29 is 9.53 Å². The highest BCUT2D eigenvalue weighted by molar-refractivity contribution is 5.85. The summed E-state index contributed by atoms with van der Waals surface area (Å²) in [5.41, 5.74) is 5.19. The lowest BCUT2D eigenvalue weighted by Crippen LogP contribution is -2.37. The smallest absolute Gasteiger partial charge is 0.329 e. The van der Waals surface area contributed by atoms with Gasteiger partial charge in [-0.3, -0.25) is 0 Å². The number of anilines is 1. The predicted octanol–water partition coefficient (Wildman–Crippen LogP) is 6.64. The number of hydrogen-bond acceptors (Lipinski definition) is 4. The zero-order chi connectivity index (χ0) is 24.6. The molecule has 2 unspecified atom stereocenters. The van der Waals surface area contributed by atoms with Gasteiger partial charge in [-0.15, -0.1) is 0 Å². The monoisotopic (exact) mass is 461 g/mol. The van der Waals surface area contributed by atoms with Crippen LogP contribution in [0.2, 0.25) is 0 Å². The lowest BCUT2D eigenvalue weighted by Gasteiger charge is -2.37. The van der Waals surface area contributed by atoms with Crippen molar-refractivity contribution in [2.45, 2.75) is 66.0 Å². The zero-order valence-electron chi connectivity index (χ0n) is 21.7. The Bertz CT molecular complexity index is 1160. The number of hydrogen-bond donors (Lipinski definition) is 0. The van der Waals surface area contributed by atoms with Crippen LogP contribution in [0, 0.1) is 24.7 Å². The summed E-state index contributed by atoms with van der Waals surface area (Å²) in [5.74, 6) is 2.15. The zero-order valence-corrected chi connectivity index (χ0v) is 21.7.